The van der Waals surface area contributed by atoms with Gasteiger partial charge in [-0.2, -0.15) is 0 Å². The number of amides is 1. The molecule has 3 aliphatic heterocycles. The zero-order valence-corrected chi connectivity index (χ0v) is 19.5. The Balaban J connectivity index is 1.43. The predicted octanol–water partition coefficient (Wildman–Crippen LogP) is 0.509. The summed E-state index contributed by atoms with van der Waals surface area (Å²) >= 11 is 0. The van der Waals surface area contributed by atoms with Crippen LogP contribution in [-0.2, 0) is 21.1 Å². The number of sulfone groups is 1. The summed E-state index contributed by atoms with van der Waals surface area (Å²) in [5.41, 5.74) is 0.746. The highest BCUT2D eigenvalue weighted by atomic mass is 32.2. The molecule has 0 bridgehead atoms. The van der Waals surface area contributed by atoms with Gasteiger partial charge in [0.25, 0.3) is 0 Å². The molecule has 172 valence electrons. The summed E-state index contributed by atoms with van der Waals surface area (Å²) in [4.78, 5) is 19.3. The summed E-state index contributed by atoms with van der Waals surface area (Å²) in [7, 11) is 2.07. The lowest BCUT2D eigenvalue weighted by molar-refractivity contribution is -0.136. The minimum Gasteiger partial charge on any atom is -0.497 e. The first-order chi connectivity index (χ1) is 14.8. The van der Waals surface area contributed by atoms with Crippen molar-refractivity contribution in [2.45, 2.75) is 17.6 Å². The Morgan fingerprint density at radius 1 is 1.13 bits per heavy atom. The summed E-state index contributed by atoms with van der Waals surface area (Å²) in [6.45, 7) is 5.39. The van der Waals surface area contributed by atoms with E-state index in [1.54, 1.807) is 37.3 Å². The van der Waals surface area contributed by atoms with E-state index in [0.29, 0.717) is 31.0 Å². The van der Waals surface area contributed by atoms with Gasteiger partial charge in [0.05, 0.1) is 26.4 Å². The quantitative estimate of drug-likeness (QED) is 0.624. The van der Waals surface area contributed by atoms with Gasteiger partial charge >= 0.3 is 0 Å². The summed E-state index contributed by atoms with van der Waals surface area (Å²) in [5, 5.41) is 0. The van der Waals surface area contributed by atoms with Crippen LogP contribution in [0.1, 0.15) is 12.0 Å². The molecule has 0 saturated carbocycles. The average Bonchev–Trinajstić information content (AvgIpc) is 2.98. The number of hydrogen-bond donors (Lipinski definition) is 0. The fraction of sp³-hybridized carbons (Fsp3) is 0.682. The molecule has 1 amide bonds. The number of carbonyl (C=O) groups is 1. The Labute approximate surface area is 185 Å². The number of nitrogens with zero attached hydrogens (tertiary/aromatic N) is 3. The number of ether oxygens (including phenoxy) is 2. The minimum atomic E-state index is -3.20. The van der Waals surface area contributed by atoms with E-state index in [2.05, 4.69) is 16.8 Å². The van der Waals surface area contributed by atoms with Crippen LogP contribution in [0.5, 0.6) is 11.5 Å². The van der Waals surface area contributed by atoms with E-state index in [1.165, 1.54) is 0 Å². The topological polar surface area (TPSA) is 79.4 Å². The molecular formula is C22H33N3O5S. The van der Waals surface area contributed by atoms with Gasteiger partial charge < -0.3 is 24.2 Å². The van der Waals surface area contributed by atoms with Crippen molar-refractivity contribution in [3.05, 3.63) is 23.8 Å². The van der Waals surface area contributed by atoms with Crippen LogP contribution in [0.4, 0.5) is 0 Å². The summed E-state index contributed by atoms with van der Waals surface area (Å²) in [6, 6.07) is 5.38. The Kier molecular flexibility index (Phi) is 6.20. The first-order valence-corrected chi connectivity index (χ1v) is 12.5. The molecule has 0 aliphatic carbocycles. The fourth-order valence-electron chi connectivity index (χ4n) is 5.14. The third kappa shape index (κ3) is 4.15. The molecule has 1 atom stereocenters. The van der Waals surface area contributed by atoms with Crippen molar-refractivity contribution >= 4 is 15.7 Å². The highest BCUT2D eigenvalue weighted by molar-refractivity contribution is 7.93. The van der Waals surface area contributed by atoms with Crippen LogP contribution in [0.15, 0.2) is 18.2 Å². The van der Waals surface area contributed by atoms with Gasteiger partial charge in [0.1, 0.15) is 16.2 Å². The lowest BCUT2D eigenvalue weighted by atomic mass is 9.82. The van der Waals surface area contributed by atoms with E-state index in [4.69, 9.17) is 9.47 Å². The largest absolute Gasteiger partial charge is 0.497 e. The molecule has 0 aromatic heterocycles. The molecule has 31 heavy (non-hydrogen) atoms. The standard InChI is InChI=1S/C22H33N3O5S/c1-23-7-9-24(10-8-23)14-18-6-11-31(27,28)22(18)15-25(16-22)21(26)13-17-12-19(29-2)4-5-20(17)30-3/h4-5,12,18H,6-11,13-16H2,1-3H3. The summed E-state index contributed by atoms with van der Waals surface area (Å²) in [5.74, 6) is 1.55. The highest BCUT2D eigenvalue weighted by Crippen LogP contribution is 2.45. The van der Waals surface area contributed by atoms with Crippen LogP contribution in [0.3, 0.4) is 0 Å². The van der Waals surface area contributed by atoms with Crippen molar-refractivity contribution in [1.29, 1.82) is 0 Å². The maximum Gasteiger partial charge on any atom is 0.227 e. The van der Waals surface area contributed by atoms with E-state index >= 15 is 0 Å². The highest BCUT2D eigenvalue weighted by Gasteiger charge is 2.62. The van der Waals surface area contributed by atoms with Gasteiger partial charge in [-0.1, -0.05) is 0 Å². The van der Waals surface area contributed by atoms with Gasteiger partial charge in [-0.25, -0.2) is 8.42 Å². The summed E-state index contributed by atoms with van der Waals surface area (Å²) in [6.07, 6.45) is 0.861. The maximum atomic E-state index is 13.0. The fourth-order valence-corrected chi connectivity index (χ4v) is 7.55. The molecule has 1 aromatic carbocycles. The normalized spacial score (nSPS) is 25.4. The molecule has 3 fully saturated rings. The van der Waals surface area contributed by atoms with E-state index in [9.17, 15) is 13.2 Å². The Morgan fingerprint density at radius 2 is 1.84 bits per heavy atom. The average molecular weight is 452 g/mol. The molecule has 0 N–H and O–H groups in total. The van der Waals surface area contributed by atoms with Crippen LogP contribution < -0.4 is 9.47 Å². The number of piperazine rings is 1. The van der Waals surface area contributed by atoms with Crippen molar-refractivity contribution in [3.8, 4) is 11.5 Å². The molecule has 8 nitrogen and oxygen atoms in total. The van der Waals surface area contributed by atoms with Gasteiger partial charge in [-0.3, -0.25) is 4.79 Å². The maximum absolute atomic E-state index is 13.0. The molecule has 0 radical (unpaired) electrons. The van der Waals surface area contributed by atoms with Crippen LogP contribution in [-0.4, -0.2) is 107 Å². The number of carbonyl (C=O) groups excluding carboxylic acids is 1. The number of likely N-dealkylation sites (N-methyl/N-ethyl adjacent to an activating group) is 1. The van der Waals surface area contributed by atoms with Crippen molar-refractivity contribution < 1.29 is 22.7 Å². The Bertz CT molecular complexity index is 921. The molecule has 1 aromatic rings. The van der Waals surface area contributed by atoms with Crippen LogP contribution in [0.2, 0.25) is 0 Å². The monoisotopic (exact) mass is 451 g/mol. The van der Waals surface area contributed by atoms with Gasteiger partial charge in [-0.15, -0.1) is 0 Å². The molecule has 1 unspecified atom stereocenters. The third-order valence-electron chi connectivity index (χ3n) is 7.27. The van der Waals surface area contributed by atoms with Gasteiger partial charge in [-0.05, 0) is 37.6 Å². The van der Waals surface area contributed by atoms with Crippen molar-refractivity contribution in [2.75, 3.05) is 72.8 Å². The first-order valence-electron chi connectivity index (χ1n) is 10.9. The predicted molar refractivity (Wildman–Crippen MR) is 118 cm³/mol. The molecule has 4 rings (SSSR count). The molecule has 1 spiro atoms. The lowest BCUT2D eigenvalue weighted by Gasteiger charge is -2.51. The van der Waals surface area contributed by atoms with E-state index in [-0.39, 0.29) is 24.0 Å². The molecule has 3 aliphatic rings. The number of hydrogen-bond acceptors (Lipinski definition) is 7. The van der Waals surface area contributed by atoms with Gasteiger partial charge in [0, 0.05) is 51.4 Å². The summed E-state index contributed by atoms with van der Waals surface area (Å²) < 4.78 is 35.8. The first kappa shape index (κ1) is 22.4. The second-order valence-electron chi connectivity index (χ2n) is 9.08. The second kappa shape index (κ2) is 8.60. The van der Waals surface area contributed by atoms with E-state index in [0.717, 1.165) is 38.3 Å². The smallest absolute Gasteiger partial charge is 0.227 e. The van der Waals surface area contributed by atoms with Crippen LogP contribution >= 0.6 is 0 Å². The van der Waals surface area contributed by atoms with Crippen molar-refractivity contribution in [2.24, 2.45) is 5.92 Å². The number of likely N-dealkylation sites (tertiary alicyclic amines) is 1. The van der Waals surface area contributed by atoms with Crippen LogP contribution in [0, 0.1) is 5.92 Å². The minimum absolute atomic E-state index is 0.0716. The zero-order valence-electron chi connectivity index (χ0n) is 18.7. The number of rotatable bonds is 6. The number of benzene rings is 1. The third-order valence-corrected chi connectivity index (χ3v) is 9.88. The van der Waals surface area contributed by atoms with Crippen LogP contribution in [0.25, 0.3) is 0 Å². The van der Waals surface area contributed by atoms with Gasteiger partial charge in [0.2, 0.25) is 5.91 Å². The molecule has 9 heteroatoms. The van der Waals surface area contributed by atoms with E-state index < -0.39 is 14.6 Å². The second-order valence-corrected chi connectivity index (χ2v) is 11.5. The molecule has 3 heterocycles. The van der Waals surface area contributed by atoms with Gasteiger partial charge in [0.15, 0.2) is 9.84 Å². The zero-order chi connectivity index (χ0) is 22.2. The van der Waals surface area contributed by atoms with Crippen molar-refractivity contribution in [1.82, 2.24) is 14.7 Å². The SMILES string of the molecule is COc1ccc(OC)c(CC(=O)N2CC3(C2)C(CN2CCN(C)CC2)CCS3(=O)=O)c1. The Morgan fingerprint density at radius 3 is 2.48 bits per heavy atom. The van der Waals surface area contributed by atoms with Crippen molar-refractivity contribution in [3.63, 3.8) is 0 Å². The Hall–Kier alpha value is -1.84. The molecular weight excluding hydrogens is 418 g/mol. The van der Waals surface area contributed by atoms with E-state index in [1.807, 2.05) is 0 Å². The molecule has 3 saturated heterocycles. The lowest BCUT2D eigenvalue weighted by Crippen LogP contribution is -2.69. The number of methoxy groups -OCH3 is 2.